The van der Waals surface area contributed by atoms with E-state index in [1.54, 1.807) is 35.2 Å². The molecule has 2 heterocycles. The van der Waals surface area contributed by atoms with E-state index in [0.717, 1.165) is 0 Å². The summed E-state index contributed by atoms with van der Waals surface area (Å²) in [5, 5.41) is 25.2. The minimum absolute atomic E-state index is 0.0452. The first-order valence-electron chi connectivity index (χ1n) is 16.3. The molecule has 0 saturated heterocycles. The van der Waals surface area contributed by atoms with Crippen LogP contribution in [-0.4, -0.2) is 95.7 Å². The van der Waals surface area contributed by atoms with Gasteiger partial charge in [0.2, 0.25) is 23.5 Å². The van der Waals surface area contributed by atoms with E-state index in [9.17, 15) is 29.1 Å². The van der Waals surface area contributed by atoms with Crippen LogP contribution in [0.2, 0.25) is 0 Å². The highest BCUT2D eigenvalue weighted by molar-refractivity contribution is 5.93. The van der Waals surface area contributed by atoms with Gasteiger partial charge in [0.15, 0.2) is 6.61 Å². The Hall–Kier alpha value is -4.46. The van der Waals surface area contributed by atoms with E-state index < -0.39 is 35.9 Å². The lowest BCUT2D eigenvalue weighted by molar-refractivity contribution is -0.134. The number of rotatable bonds is 5. The second-order valence-electron chi connectivity index (χ2n) is 12.1. The third-order valence-electron chi connectivity index (χ3n) is 7.55. The Bertz CT molecular complexity index is 1360. The summed E-state index contributed by atoms with van der Waals surface area (Å²) in [6.45, 7) is 8.14. The largest absolute Gasteiger partial charge is 0.484 e. The summed E-state index contributed by atoms with van der Waals surface area (Å²) < 4.78 is 10.9. The number of fused-ring (bicyclic) bond motifs is 2. The van der Waals surface area contributed by atoms with Gasteiger partial charge >= 0.3 is 0 Å². The van der Waals surface area contributed by atoms with Gasteiger partial charge in [-0.15, -0.1) is 0 Å². The minimum Gasteiger partial charge on any atom is -0.484 e. The van der Waals surface area contributed by atoms with Crippen LogP contribution in [0.4, 0.5) is 0 Å². The van der Waals surface area contributed by atoms with Crippen LogP contribution < -0.4 is 26.0 Å². The molecule has 258 valence electrons. The van der Waals surface area contributed by atoms with Gasteiger partial charge in [-0.05, 0) is 62.6 Å². The Morgan fingerprint density at radius 1 is 0.979 bits per heavy atom. The molecule has 1 aliphatic heterocycles. The van der Waals surface area contributed by atoms with Crippen molar-refractivity contribution in [1.29, 1.82) is 0 Å². The fourth-order valence-electron chi connectivity index (χ4n) is 5.03. The van der Waals surface area contributed by atoms with E-state index in [1.165, 1.54) is 6.92 Å². The maximum absolute atomic E-state index is 13.3. The predicted molar refractivity (Wildman–Crippen MR) is 172 cm³/mol. The van der Waals surface area contributed by atoms with E-state index in [4.69, 9.17) is 9.26 Å². The van der Waals surface area contributed by atoms with Crippen molar-refractivity contribution in [3.8, 4) is 5.75 Å². The molecule has 5 N–H and O–H groups in total. The van der Waals surface area contributed by atoms with Crippen molar-refractivity contribution in [3.05, 3.63) is 47.3 Å². The van der Waals surface area contributed by atoms with Crippen LogP contribution in [-0.2, 0) is 32.0 Å². The van der Waals surface area contributed by atoms with Crippen molar-refractivity contribution in [1.82, 2.24) is 31.3 Å². The lowest BCUT2D eigenvalue weighted by atomic mass is 10.0. The standard InChI is InChI=1S/C33H48N6O8/c1-5-24-19-27(47-38-24)33(45)39-14-7-6-12-35-32(44)30(22(4)40)37-31(43)26(16-21(2)3)36-28(41)18-23-10-8-11-25(17-23)46-20-29(42)34-13-9-15-39/h8,10-11,17,19,21-22,26,30,40H,5-7,9,12-16,18,20H2,1-4H3,(H,34,42)(H,35,44)(H,36,41)(H,37,43)/t22-,26-,30+/m1/s1. The van der Waals surface area contributed by atoms with E-state index >= 15 is 0 Å². The molecular weight excluding hydrogens is 608 g/mol. The van der Waals surface area contributed by atoms with E-state index in [-0.39, 0.29) is 43.1 Å². The van der Waals surface area contributed by atoms with Gasteiger partial charge < -0.3 is 40.5 Å². The summed E-state index contributed by atoms with van der Waals surface area (Å²) in [7, 11) is 0. The predicted octanol–water partition coefficient (Wildman–Crippen LogP) is 1.11. The number of aryl methyl sites for hydroxylation is 1. The minimum atomic E-state index is -1.24. The normalized spacial score (nSPS) is 20.6. The van der Waals surface area contributed by atoms with Crippen molar-refractivity contribution in [2.75, 3.05) is 32.8 Å². The van der Waals surface area contributed by atoms with Gasteiger partial charge in [-0.1, -0.05) is 38.1 Å². The molecule has 0 saturated carbocycles. The molecule has 2 bridgehead atoms. The molecule has 14 nitrogen and oxygen atoms in total. The number of nitrogens with one attached hydrogen (secondary N) is 4. The molecule has 0 aliphatic carbocycles. The Morgan fingerprint density at radius 2 is 1.72 bits per heavy atom. The van der Waals surface area contributed by atoms with Gasteiger partial charge in [-0.25, -0.2) is 0 Å². The third-order valence-corrected chi connectivity index (χ3v) is 7.55. The molecule has 1 aromatic carbocycles. The maximum atomic E-state index is 13.3. The molecule has 0 spiro atoms. The summed E-state index contributed by atoms with van der Waals surface area (Å²) >= 11 is 0. The molecule has 0 radical (unpaired) electrons. The molecule has 14 heteroatoms. The van der Waals surface area contributed by atoms with Crippen LogP contribution in [0.1, 0.15) is 75.2 Å². The van der Waals surface area contributed by atoms with Crippen molar-refractivity contribution >= 4 is 29.5 Å². The molecule has 0 unspecified atom stereocenters. The number of benzene rings is 1. The Balaban J connectivity index is 1.77. The van der Waals surface area contributed by atoms with Crippen LogP contribution in [0.25, 0.3) is 0 Å². The van der Waals surface area contributed by atoms with Crippen LogP contribution in [0.3, 0.4) is 0 Å². The lowest BCUT2D eigenvalue weighted by Gasteiger charge is -2.26. The average Bonchev–Trinajstić information content (AvgIpc) is 3.51. The zero-order chi connectivity index (χ0) is 34.3. The van der Waals surface area contributed by atoms with Crippen molar-refractivity contribution in [2.45, 2.75) is 84.4 Å². The number of hydrogen-bond acceptors (Lipinski definition) is 9. The Kier molecular flexibility index (Phi) is 14.7. The highest BCUT2D eigenvalue weighted by atomic mass is 16.5. The summed E-state index contributed by atoms with van der Waals surface area (Å²) in [5.41, 5.74) is 1.28. The number of nitrogens with zero attached hydrogens (tertiary/aromatic N) is 2. The Morgan fingerprint density at radius 3 is 2.43 bits per heavy atom. The SMILES string of the molecule is CCc1cc(C(=O)N2CCCCNC(=O)[C@H]([C@@H](C)O)NC(=O)[C@@H](CC(C)C)NC(=O)Cc3cccc(c3)OCC(=O)NCCC2)on1. The fraction of sp³-hybridized carbons (Fsp3) is 0.576. The highest BCUT2D eigenvalue weighted by Crippen LogP contribution is 2.15. The molecule has 2 aromatic rings. The van der Waals surface area contributed by atoms with E-state index in [1.807, 2.05) is 20.8 Å². The number of aliphatic hydroxyl groups excluding tert-OH is 1. The summed E-state index contributed by atoms with van der Waals surface area (Å²) in [6.07, 6.45) is 1.21. The molecule has 3 rings (SSSR count). The summed E-state index contributed by atoms with van der Waals surface area (Å²) in [5.74, 6) is -1.64. The number of amides is 5. The second kappa shape index (κ2) is 18.6. The molecule has 0 fully saturated rings. The number of aromatic nitrogens is 1. The molecule has 47 heavy (non-hydrogen) atoms. The monoisotopic (exact) mass is 656 g/mol. The van der Waals surface area contributed by atoms with Gasteiger partial charge in [0.25, 0.3) is 11.8 Å². The highest BCUT2D eigenvalue weighted by Gasteiger charge is 2.30. The van der Waals surface area contributed by atoms with E-state index in [2.05, 4.69) is 26.4 Å². The first-order valence-corrected chi connectivity index (χ1v) is 16.3. The summed E-state index contributed by atoms with van der Waals surface area (Å²) in [6, 6.07) is 6.20. The van der Waals surface area contributed by atoms with Crippen LogP contribution in [0.5, 0.6) is 5.75 Å². The van der Waals surface area contributed by atoms with Crippen molar-refractivity contribution in [2.24, 2.45) is 5.92 Å². The van der Waals surface area contributed by atoms with Gasteiger partial charge in [0.05, 0.1) is 18.2 Å². The lowest BCUT2D eigenvalue weighted by Crippen LogP contribution is -2.57. The fourth-order valence-corrected chi connectivity index (χ4v) is 5.03. The average molecular weight is 657 g/mol. The molecular formula is C33H48N6O8. The number of carbonyl (C=O) groups excluding carboxylic acids is 5. The zero-order valence-corrected chi connectivity index (χ0v) is 27.7. The van der Waals surface area contributed by atoms with Crippen molar-refractivity contribution in [3.63, 3.8) is 0 Å². The summed E-state index contributed by atoms with van der Waals surface area (Å²) in [4.78, 5) is 66.6. The van der Waals surface area contributed by atoms with Gasteiger partial charge in [0.1, 0.15) is 17.8 Å². The quantitative estimate of drug-likeness (QED) is 0.314. The van der Waals surface area contributed by atoms with Gasteiger partial charge in [0, 0.05) is 32.2 Å². The Labute approximate surface area is 275 Å². The zero-order valence-electron chi connectivity index (χ0n) is 27.7. The maximum Gasteiger partial charge on any atom is 0.292 e. The van der Waals surface area contributed by atoms with E-state index in [0.29, 0.717) is 68.7 Å². The van der Waals surface area contributed by atoms with Crippen LogP contribution in [0, 0.1) is 5.92 Å². The number of aliphatic hydroxyl groups is 1. The van der Waals surface area contributed by atoms with Gasteiger partial charge in [-0.2, -0.15) is 0 Å². The third kappa shape index (κ3) is 12.3. The molecule has 1 aromatic heterocycles. The van der Waals surface area contributed by atoms with Crippen LogP contribution in [0.15, 0.2) is 34.9 Å². The smallest absolute Gasteiger partial charge is 0.292 e. The topological polar surface area (TPSA) is 192 Å². The molecule has 5 amide bonds. The first-order chi connectivity index (χ1) is 22.5. The molecule has 3 atom stereocenters. The second-order valence-corrected chi connectivity index (χ2v) is 12.1. The first kappa shape index (κ1) is 37.0. The number of carbonyl (C=O) groups is 5. The number of hydrogen-bond donors (Lipinski definition) is 5. The van der Waals surface area contributed by atoms with Crippen molar-refractivity contribution < 1.29 is 38.3 Å². The molecule has 1 aliphatic rings. The van der Waals surface area contributed by atoms with Crippen LogP contribution >= 0.6 is 0 Å². The number of ether oxygens (including phenoxy) is 1. The van der Waals surface area contributed by atoms with Gasteiger partial charge in [-0.3, -0.25) is 24.0 Å².